The summed E-state index contributed by atoms with van der Waals surface area (Å²) in [7, 11) is 1.29. The molecule has 130 valence electrons. The molecular weight excluding hydrogens is 392 g/mol. The van der Waals surface area contributed by atoms with Gasteiger partial charge < -0.3 is 14.7 Å². The lowest BCUT2D eigenvalue weighted by Crippen LogP contribution is -2.49. The molecule has 0 aliphatic carbocycles. The number of non-ortho nitro benzene ring substituents is 1. The van der Waals surface area contributed by atoms with E-state index in [1.54, 1.807) is 6.07 Å². The van der Waals surface area contributed by atoms with Crippen LogP contribution >= 0.6 is 15.9 Å². The van der Waals surface area contributed by atoms with Crippen LogP contribution in [0.1, 0.15) is 17.4 Å². The zero-order chi connectivity index (χ0) is 18.1. The van der Waals surface area contributed by atoms with Crippen molar-refractivity contribution >= 4 is 33.3 Å². The first kappa shape index (κ1) is 17.4. The van der Waals surface area contributed by atoms with E-state index in [9.17, 15) is 20.0 Å². The highest BCUT2D eigenvalue weighted by Crippen LogP contribution is 2.40. The maximum absolute atomic E-state index is 12.3. The third-order valence-electron chi connectivity index (χ3n) is 4.24. The molecule has 1 heterocycles. The molecule has 0 aromatic heterocycles. The first-order valence-corrected chi connectivity index (χ1v) is 8.29. The number of aliphatic hydroxyl groups excluding tert-OH is 1. The lowest BCUT2D eigenvalue weighted by molar-refractivity contribution is -0.384. The molecule has 8 heteroatoms. The second kappa shape index (κ2) is 6.81. The van der Waals surface area contributed by atoms with Gasteiger partial charge in [-0.25, -0.2) is 4.79 Å². The van der Waals surface area contributed by atoms with Gasteiger partial charge in [-0.1, -0.05) is 24.3 Å². The fourth-order valence-corrected chi connectivity index (χ4v) is 3.62. The molecule has 25 heavy (non-hydrogen) atoms. The van der Waals surface area contributed by atoms with Crippen LogP contribution in [-0.2, 0) is 16.0 Å². The Bertz CT molecular complexity index is 842. The van der Waals surface area contributed by atoms with Gasteiger partial charge in [0.05, 0.1) is 17.7 Å². The summed E-state index contributed by atoms with van der Waals surface area (Å²) in [6.07, 6.45) is -0.713. The van der Waals surface area contributed by atoms with E-state index in [-0.39, 0.29) is 5.69 Å². The number of hydrogen-bond donors (Lipinski definition) is 1. The second-order valence-electron chi connectivity index (χ2n) is 5.62. The number of ether oxygens (including phenoxy) is 1. The third kappa shape index (κ3) is 3.10. The van der Waals surface area contributed by atoms with Crippen molar-refractivity contribution in [3.63, 3.8) is 0 Å². The normalized spacial score (nSPS) is 19.2. The zero-order valence-corrected chi connectivity index (χ0v) is 14.8. The summed E-state index contributed by atoms with van der Waals surface area (Å²) in [5, 5.41) is 21.8. The van der Waals surface area contributed by atoms with E-state index in [1.165, 1.54) is 30.2 Å². The Morgan fingerprint density at radius 3 is 2.72 bits per heavy atom. The molecule has 0 fully saturated rings. The molecule has 0 radical (unpaired) electrons. The number of nitro groups is 1. The van der Waals surface area contributed by atoms with Crippen molar-refractivity contribution in [2.24, 2.45) is 0 Å². The van der Waals surface area contributed by atoms with Gasteiger partial charge in [-0.15, -0.1) is 0 Å². The fraction of sp³-hybridized carbons (Fsp3) is 0.235. The van der Waals surface area contributed by atoms with Crippen LogP contribution in [-0.4, -0.2) is 29.2 Å². The molecular formula is C17H15BrN2O5. The first-order valence-electron chi connectivity index (χ1n) is 7.50. The summed E-state index contributed by atoms with van der Waals surface area (Å²) in [6, 6.07) is 10.7. The molecule has 2 atom stereocenters. The molecule has 0 amide bonds. The summed E-state index contributed by atoms with van der Waals surface area (Å²) in [5.74, 6) is -0.487. The zero-order valence-electron chi connectivity index (χ0n) is 13.3. The van der Waals surface area contributed by atoms with E-state index in [4.69, 9.17) is 4.74 Å². The van der Waals surface area contributed by atoms with E-state index >= 15 is 0 Å². The molecule has 0 saturated heterocycles. The first-order chi connectivity index (χ1) is 11.9. The standard InChI is InChI=1S/C17H15BrN2O5/c1-25-17(22)15-8-10-4-2-3-5-12(10)16(21)19(15)14-7-6-11(20(23)24)9-13(14)18/h2-7,9,15-16,21H,8H2,1H3. The maximum atomic E-state index is 12.3. The van der Waals surface area contributed by atoms with E-state index in [2.05, 4.69) is 15.9 Å². The van der Waals surface area contributed by atoms with Gasteiger partial charge in [0.25, 0.3) is 5.69 Å². The predicted octanol–water partition coefficient (Wildman–Crippen LogP) is 2.95. The van der Waals surface area contributed by atoms with E-state index in [1.807, 2.05) is 18.2 Å². The molecule has 0 spiro atoms. The number of rotatable bonds is 3. The van der Waals surface area contributed by atoms with Gasteiger partial charge in [0.1, 0.15) is 6.04 Å². The topological polar surface area (TPSA) is 92.9 Å². The number of nitrogens with zero attached hydrogens (tertiary/aromatic N) is 2. The van der Waals surface area contributed by atoms with Gasteiger partial charge in [0, 0.05) is 28.6 Å². The quantitative estimate of drug-likeness (QED) is 0.478. The number of methoxy groups -OCH3 is 1. The van der Waals surface area contributed by atoms with E-state index in [0.29, 0.717) is 22.1 Å². The average molecular weight is 407 g/mol. The van der Waals surface area contributed by atoms with Crippen molar-refractivity contribution < 1.29 is 19.6 Å². The Kier molecular flexibility index (Phi) is 4.73. The number of halogens is 1. The molecule has 1 aliphatic heterocycles. The number of carbonyl (C=O) groups excluding carboxylic acids is 1. The van der Waals surface area contributed by atoms with Gasteiger partial charge >= 0.3 is 5.97 Å². The highest BCUT2D eigenvalue weighted by atomic mass is 79.9. The van der Waals surface area contributed by atoms with Crippen molar-refractivity contribution in [1.29, 1.82) is 0 Å². The van der Waals surface area contributed by atoms with Crippen LogP contribution in [0.5, 0.6) is 0 Å². The number of aliphatic hydroxyl groups is 1. The number of nitro benzene ring substituents is 1. The molecule has 1 N–H and O–H groups in total. The SMILES string of the molecule is COC(=O)C1Cc2ccccc2C(O)N1c1ccc([N+](=O)[O-])cc1Br. The molecule has 0 saturated carbocycles. The van der Waals surface area contributed by atoms with Gasteiger partial charge in [-0.2, -0.15) is 0 Å². The maximum Gasteiger partial charge on any atom is 0.328 e. The minimum Gasteiger partial charge on any atom is -0.467 e. The van der Waals surface area contributed by atoms with Crippen molar-refractivity contribution in [3.8, 4) is 0 Å². The smallest absolute Gasteiger partial charge is 0.328 e. The predicted molar refractivity (Wildman–Crippen MR) is 94.2 cm³/mol. The summed E-state index contributed by atoms with van der Waals surface area (Å²) in [6.45, 7) is 0. The summed E-state index contributed by atoms with van der Waals surface area (Å²) < 4.78 is 5.30. The number of fused-ring (bicyclic) bond motifs is 1. The Labute approximate surface area is 152 Å². The van der Waals surface area contributed by atoms with Gasteiger partial charge in [0.2, 0.25) is 0 Å². The van der Waals surface area contributed by atoms with E-state index < -0.39 is 23.2 Å². The Morgan fingerprint density at radius 1 is 1.36 bits per heavy atom. The van der Waals surface area contributed by atoms with Crippen molar-refractivity contribution in [2.45, 2.75) is 18.7 Å². The average Bonchev–Trinajstić information content (AvgIpc) is 2.61. The Hall–Kier alpha value is -2.45. The number of esters is 1. The van der Waals surface area contributed by atoms with Crippen molar-refractivity contribution in [3.05, 3.63) is 68.2 Å². The summed E-state index contributed by atoms with van der Waals surface area (Å²) in [5.41, 5.74) is 1.94. The molecule has 3 rings (SSSR count). The minimum absolute atomic E-state index is 0.0860. The molecule has 7 nitrogen and oxygen atoms in total. The van der Waals surface area contributed by atoms with Crippen LogP contribution < -0.4 is 4.90 Å². The van der Waals surface area contributed by atoms with Crippen LogP contribution in [0.4, 0.5) is 11.4 Å². The highest BCUT2D eigenvalue weighted by Gasteiger charge is 2.39. The van der Waals surface area contributed by atoms with Gasteiger partial charge in [0.15, 0.2) is 6.23 Å². The Balaban J connectivity index is 2.11. The lowest BCUT2D eigenvalue weighted by atomic mass is 9.92. The summed E-state index contributed by atoms with van der Waals surface area (Å²) in [4.78, 5) is 24.2. The molecule has 1 aliphatic rings. The minimum atomic E-state index is -1.08. The molecule has 2 aromatic carbocycles. The lowest BCUT2D eigenvalue weighted by Gasteiger charge is -2.41. The van der Waals surface area contributed by atoms with Gasteiger partial charge in [-0.3, -0.25) is 10.1 Å². The number of hydrogen-bond acceptors (Lipinski definition) is 6. The van der Waals surface area contributed by atoms with Crippen molar-refractivity contribution in [2.75, 3.05) is 12.0 Å². The number of benzene rings is 2. The monoisotopic (exact) mass is 406 g/mol. The van der Waals surface area contributed by atoms with Crippen LogP contribution in [0.15, 0.2) is 46.9 Å². The van der Waals surface area contributed by atoms with Crippen molar-refractivity contribution in [1.82, 2.24) is 0 Å². The number of anilines is 1. The molecule has 2 aromatic rings. The Morgan fingerprint density at radius 2 is 2.08 bits per heavy atom. The summed E-state index contributed by atoms with van der Waals surface area (Å²) >= 11 is 3.31. The van der Waals surface area contributed by atoms with Crippen LogP contribution in [0, 0.1) is 10.1 Å². The molecule has 2 unspecified atom stereocenters. The van der Waals surface area contributed by atoms with Gasteiger partial charge in [-0.05, 0) is 27.6 Å². The highest BCUT2D eigenvalue weighted by molar-refractivity contribution is 9.10. The molecule has 0 bridgehead atoms. The largest absolute Gasteiger partial charge is 0.467 e. The fourth-order valence-electron chi connectivity index (χ4n) is 3.05. The third-order valence-corrected chi connectivity index (χ3v) is 4.87. The number of carbonyl (C=O) groups is 1. The van der Waals surface area contributed by atoms with Crippen LogP contribution in [0.25, 0.3) is 0 Å². The second-order valence-corrected chi connectivity index (χ2v) is 6.47. The van der Waals surface area contributed by atoms with E-state index in [0.717, 1.165) is 5.56 Å². The van der Waals surface area contributed by atoms with Crippen LogP contribution in [0.3, 0.4) is 0 Å². The van der Waals surface area contributed by atoms with Crippen LogP contribution in [0.2, 0.25) is 0 Å².